The van der Waals surface area contributed by atoms with Crippen molar-refractivity contribution in [2.75, 3.05) is 31.7 Å². The monoisotopic (exact) mass is 551 g/mol. The lowest BCUT2D eigenvalue weighted by Crippen LogP contribution is -2.58. The molecule has 1 aromatic carbocycles. The smallest absolute Gasteiger partial charge is 0.399 e. The summed E-state index contributed by atoms with van der Waals surface area (Å²) in [5.41, 5.74) is 0.473. The van der Waals surface area contributed by atoms with Crippen molar-refractivity contribution in [3.05, 3.63) is 45.2 Å². The highest BCUT2D eigenvalue weighted by Crippen LogP contribution is 2.29. The molecule has 0 spiro atoms. The number of anilines is 1. The molecule has 34 heavy (non-hydrogen) atoms. The molecule has 2 atom stereocenters. The van der Waals surface area contributed by atoms with Gasteiger partial charge in [0.05, 0.1) is 23.0 Å². The Bertz CT molecular complexity index is 1080. The predicted molar refractivity (Wildman–Crippen MR) is 130 cm³/mol. The number of nitrogens with zero attached hydrogens (tertiary/aromatic N) is 1. The molecule has 182 valence electrons. The van der Waals surface area contributed by atoms with Gasteiger partial charge in [0.1, 0.15) is 5.54 Å². The predicted octanol–water partition coefficient (Wildman–Crippen LogP) is 3.30. The van der Waals surface area contributed by atoms with E-state index >= 15 is 0 Å². The lowest BCUT2D eigenvalue weighted by Gasteiger charge is -2.27. The van der Waals surface area contributed by atoms with E-state index in [0.717, 1.165) is 16.6 Å². The van der Waals surface area contributed by atoms with Crippen LogP contribution in [0.4, 0.5) is 10.5 Å². The van der Waals surface area contributed by atoms with Crippen LogP contribution >= 0.6 is 27.3 Å². The van der Waals surface area contributed by atoms with Crippen LogP contribution in [0.15, 0.2) is 34.1 Å². The SMILES string of the molecule is Cc1cc(NC(=O)C2(NC(=O)Oc3ccc(Br)s3)CCOC2)ccc1C(=O)N1CCC[C@H]1CO. The van der Waals surface area contributed by atoms with E-state index in [1.807, 2.05) is 0 Å². The second kappa shape index (κ2) is 10.4. The van der Waals surface area contributed by atoms with Gasteiger partial charge in [0.2, 0.25) is 0 Å². The number of carbonyl (C=O) groups excluding carboxylic acids is 3. The molecule has 3 N–H and O–H groups in total. The average Bonchev–Trinajstić information content (AvgIpc) is 3.55. The Hall–Kier alpha value is -2.47. The fourth-order valence-electron chi connectivity index (χ4n) is 4.24. The highest BCUT2D eigenvalue weighted by molar-refractivity contribution is 9.11. The van der Waals surface area contributed by atoms with Crippen LogP contribution in [0.2, 0.25) is 0 Å². The Morgan fingerprint density at radius 3 is 2.79 bits per heavy atom. The summed E-state index contributed by atoms with van der Waals surface area (Å²) in [7, 11) is 0. The first kappa shape index (κ1) is 24.6. The summed E-state index contributed by atoms with van der Waals surface area (Å²) in [6, 6.07) is 8.32. The first-order valence-electron chi connectivity index (χ1n) is 11.0. The van der Waals surface area contributed by atoms with E-state index in [9.17, 15) is 19.5 Å². The third kappa shape index (κ3) is 5.27. The van der Waals surface area contributed by atoms with E-state index in [2.05, 4.69) is 26.6 Å². The Labute approximate surface area is 209 Å². The normalized spacial score (nSPS) is 22.0. The second-order valence-corrected chi connectivity index (χ2v) is 10.8. The largest absolute Gasteiger partial charge is 0.414 e. The summed E-state index contributed by atoms with van der Waals surface area (Å²) in [4.78, 5) is 40.3. The van der Waals surface area contributed by atoms with Crippen molar-refractivity contribution in [2.45, 2.75) is 37.8 Å². The Balaban J connectivity index is 1.44. The number of nitrogens with one attached hydrogen (secondary N) is 2. The van der Waals surface area contributed by atoms with Crippen LogP contribution in [0, 0.1) is 6.92 Å². The van der Waals surface area contributed by atoms with E-state index in [1.165, 1.54) is 11.3 Å². The van der Waals surface area contributed by atoms with Gasteiger partial charge in [0.15, 0.2) is 5.06 Å². The number of benzene rings is 1. The quantitative estimate of drug-likeness (QED) is 0.507. The number of carbonyl (C=O) groups is 3. The molecular weight excluding hydrogens is 526 g/mol. The molecule has 4 rings (SSSR count). The molecule has 3 amide bonds. The minimum Gasteiger partial charge on any atom is -0.399 e. The molecule has 3 heterocycles. The molecule has 0 aliphatic carbocycles. The second-order valence-electron chi connectivity index (χ2n) is 8.42. The molecule has 1 aromatic heterocycles. The van der Waals surface area contributed by atoms with Gasteiger partial charge in [-0.05, 0) is 71.6 Å². The van der Waals surface area contributed by atoms with Gasteiger partial charge in [0.25, 0.3) is 11.8 Å². The molecule has 2 aliphatic rings. The van der Waals surface area contributed by atoms with Gasteiger partial charge in [-0.25, -0.2) is 4.79 Å². The molecule has 1 unspecified atom stereocenters. The third-order valence-corrected chi connectivity index (χ3v) is 7.60. The van der Waals surface area contributed by atoms with Gasteiger partial charge in [-0.2, -0.15) is 0 Å². The van der Waals surface area contributed by atoms with Gasteiger partial charge in [0, 0.05) is 30.8 Å². The van der Waals surface area contributed by atoms with Crippen molar-refractivity contribution in [2.24, 2.45) is 0 Å². The molecular formula is C23H26BrN3O6S. The number of aliphatic hydroxyl groups excluding tert-OH is 1. The van der Waals surface area contributed by atoms with Gasteiger partial charge >= 0.3 is 6.09 Å². The number of hydrogen-bond acceptors (Lipinski definition) is 7. The number of rotatable bonds is 6. The lowest BCUT2D eigenvalue weighted by atomic mass is 9.97. The topological polar surface area (TPSA) is 117 Å². The average molecular weight is 552 g/mol. The zero-order valence-corrected chi connectivity index (χ0v) is 21.0. The van der Waals surface area contributed by atoms with Crippen molar-refractivity contribution >= 4 is 50.9 Å². The number of aryl methyl sites for hydroxylation is 1. The summed E-state index contributed by atoms with van der Waals surface area (Å²) in [6.07, 6.45) is 1.22. The molecule has 9 nitrogen and oxygen atoms in total. The zero-order chi connectivity index (χ0) is 24.3. The van der Waals surface area contributed by atoms with Gasteiger partial charge in [-0.3, -0.25) is 9.59 Å². The van der Waals surface area contributed by atoms with E-state index in [0.29, 0.717) is 41.4 Å². The number of amides is 3. The van der Waals surface area contributed by atoms with Crippen LogP contribution in [0.3, 0.4) is 0 Å². The van der Waals surface area contributed by atoms with Crippen LogP contribution in [0.5, 0.6) is 5.06 Å². The van der Waals surface area contributed by atoms with Crippen LogP contribution < -0.4 is 15.4 Å². The van der Waals surface area contributed by atoms with Crippen LogP contribution in [0.1, 0.15) is 35.2 Å². The summed E-state index contributed by atoms with van der Waals surface area (Å²) < 4.78 is 11.5. The van der Waals surface area contributed by atoms with Crippen molar-refractivity contribution in [1.82, 2.24) is 10.2 Å². The van der Waals surface area contributed by atoms with Crippen molar-refractivity contribution in [1.29, 1.82) is 0 Å². The maximum absolute atomic E-state index is 13.2. The molecule has 2 fully saturated rings. The Morgan fingerprint density at radius 2 is 2.15 bits per heavy atom. The summed E-state index contributed by atoms with van der Waals surface area (Å²) in [5.74, 6) is -0.551. The van der Waals surface area contributed by atoms with Gasteiger partial charge in [-0.15, -0.1) is 0 Å². The van der Waals surface area contributed by atoms with Gasteiger partial charge in [-0.1, -0.05) is 11.3 Å². The van der Waals surface area contributed by atoms with Crippen LogP contribution in [0.25, 0.3) is 0 Å². The number of ether oxygens (including phenoxy) is 2. The maximum Gasteiger partial charge on any atom is 0.414 e. The number of likely N-dealkylation sites (tertiary alicyclic amines) is 1. The molecule has 11 heteroatoms. The lowest BCUT2D eigenvalue weighted by molar-refractivity contribution is -0.122. The molecule has 2 saturated heterocycles. The summed E-state index contributed by atoms with van der Waals surface area (Å²) in [6.45, 7) is 2.72. The van der Waals surface area contributed by atoms with Crippen molar-refractivity contribution in [3.63, 3.8) is 0 Å². The number of aliphatic hydroxyl groups is 1. The zero-order valence-electron chi connectivity index (χ0n) is 18.6. The highest BCUT2D eigenvalue weighted by atomic mass is 79.9. The van der Waals surface area contributed by atoms with Crippen LogP contribution in [-0.2, 0) is 9.53 Å². The van der Waals surface area contributed by atoms with Crippen molar-refractivity contribution < 1.29 is 29.0 Å². The summed E-state index contributed by atoms with van der Waals surface area (Å²) in [5, 5.41) is 15.4. The minimum atomic E-state index is -1.27. The first-order chi connectivity index (χ1) is 16.3. The summed E-state index contributed by atoms with van der Waals surface area (Å²) >= 11 is 4.57. The third-order valence-electron chi connectivity index (χ3n) is 6.10. The number of halogens is 1. The number of hydrogen-bond donors (Lipinski definition) is 3. The van der Waals surface area contributed by atoms with Crippen LogP contribution in [-0.4, -0.2) is 65.9 Å². The standard InChI is InChI=1S/C23H26BrN3O6S/c1-14-11-15(4-5-17(14)20(29)27-9-2-3-16(27)12-28)25-21(30)23(8-10-32-13-23)26-22(31)33-19-7-6-18(24)34-19/h4-7,11,16,28H,2-3,8-10,12-13H2,1H3,(H,25,30)(H,26,31)/t16-,23?/m0/s1. The molecule has 0 saturated carbocycles. The fraction of sp³-hybridized carbons (Fsp3) is 0.435. The minimum absolute atomic E-state index is 0.0229. The van der Waals surface area contributed by atoms with E-state index in [-0.39, 0.29) is 25.2 Å². The Kier molecular flexibility index (Phi) is 7.56. The molecule has 2 aliphatic heterocycles. The molecule has 0 bridgehead atoms. The van der Waals surface area contributed by atoms with E-state index in [4.69, 9.17) is 9.47 Å². The maximum atomic E-state index is 13.2. The number of thiophene rings is 1. The molecule has 0 radical (unpaired) electrons. The van der Waals surface area contributed by atoms with Gasteiger partial charge < -0.3 is 30.1 Å². The van der Waals surface area contributed by atoms with Crippen molar-refractivity contribution in [3.8, 4) is 5.06 Å². The van der Waals surface area contributed by atoms with E-state index in [1.54, 1.807) is 42.2 Å². The first-order valence-corrected chi connectivity index (χ1v) is 12.6. The fourth-order valence-corrected chi connectivity index (χ4v) is 5.44. The molecule has 2 aromatic rings. The highest BCUT2D eigenvalue weighted by Gasteiger charge is 2.44. The van der Waals surface area contributed by atoms with E-state index < -0.39 is 17.5 Å². The Morgan fingerprint density at radius 1 is 1.32 bits per heavy atom.